The molecule has 0 N–H and O–H groups in total. The third kappa shape index (κ3) is 4.58. The molecule has 0 spiro atoms. The highest BCUT2D eigenvalue weighted by molar-refractivity contribution is 5.90. The van der Waals surface area contributed by atoms with Crippen molar-refractivity contribution in [1.29, 1.82) is 0 Å². The van der Waals surface area contributed by atoms with Crippen molar-refractivity contribution in [1.82, 2.24) is 5.23 Å². The summed E-state index contributed by atoms with van der Waals surface area (Å²) >= 11 is 0. The Hall–Kier alpha value is -2.80. The van der Waals surface area contributed by atoms with Gasteiger partial charge in [-0.05, 0) is 55.5 Å². The summed E-state index contributed by atoms with van der Waals surface area (Å²) in [5.41, 5.74) is 0.199. The van der Waals surface area contributed by atoms with Crippen LogP contribution in [0.3, 0.4) is 0 Å². The standard InChI is InChI=1S/C16H13F2NO4/c1-2-19(22-15(20)11-3-7-13(17)8-4-11)23-16(21)12-5-9-14(18)10-6-12/h3-10H,2H2,1H3. The molecule has 0 heterocycles. The van der Waals surface area contributed by atoms with Crippen LogP contribution in [0.25, 0.3) is 0 Å². The molecule has 0 fully saturated rings. The quantitative estimate of drug-likeness (QED) is 0.792. The van der Waals surface area contributed by atoms with Gasteiger partial charge < -0.3 is 9.68 Å². The molecule has 0 aliphatic carbocycles. The molecule has 0 bridgehead atoms. The number of hydrogen-bond donors (Lipinski definition) is 0. The van der Waals surface area contributed by atoms with Gasteiger partial charge in [0.2, 0.25) is 0 Å². The lowest BCUT2D eigenvalue weighted by Gasteiger charge is -2.17. The third-order valence-electron chi connectivity index (χ3n) is 2.79. The summed E-state index contributed by atoms with van der Waals surface area (Å²) in [6, 6.07) is 9.41. The molecule has 7 heteroatoms. The fourth-order valence-electron chi connectivity index (χ4n) is 1.61. The summed E-state index contributed by atoms with van der Waals surface area (Å²) in [6.45, 7) is 1.66. The van der Waals surface area contributed by atoms with Crippen LogP contribution >= 0.6 is 0 Å². The number of halogens is 2. The number of hydrogen-bond acceptors (Lipinski definition) is 5. The Morgan fingerprint density at radius 2 is 1.17 bits per heavy atom. The van der Waals surface area contributed by atoms with E-state index in [0.717, 1.165) is 24.3 Å². The molecule has 0 aliphatic rings. The van der Waals surface area contributed by atoms with Crippen LogP contribution in [0, 0.1) is 11.6 Å². The fourth-order valence-corrected chi connectivity index (χ4v) is 1.61. The van der Waals surface area contributed by atoms with E-state index in [-0.39, 0.29) is 17.7 Å². The Morgan fingerprint density at radius 1 is 0.826 bits per heavy atom. The van der Waals surface area contributed by atoms with E-state index in [2.05, 4.69) is 0 Å². The molecule has 0 radical (unpaired) electrons. The van der Waals surface area contributed by atoms with Gasteiger partial charge in [-0.15, -0.1) is 0 Å². The lowest BCUT2D eigenvalue weighted by Crippen LogP contribution is -2.30. The van der Waals surface area contributed by atoms with E-state index < -0.39 is 23.6 Å². The van der Waals surface area contributed by atoms with E-state index in [4.69, 9.17) is 9.68 Å². The molecule has 0 saturated carbocycles. The minimum Gasteiger partial charge on any atom is -0.328 e. The van der Waals surface area contributed by atoms with E-state index >= 15 is 0 Å². The number of benzene rings is 2. The summed E-state index contributed by atoms with van der Waals surface area (Å²) in [4.78, 5) is 33.5. The second kappa shape index (κ2) is 7.46. The Bertz CT molecular complexity index is 627. The van der Waals surface area contributed by atoms with E-state index in [0.29, 0.717) is 5.23 Å². The smallest absolute Gasteiger partial charge is 0.328 e. The van der Waals surface area contributed by atoms with Gasteiger partial charge in [0.25, 0.3) is 0 Å². The van der Waals surface area contributed by atoms with Gasteiger partial charge in [-0.2, -0.15) is 0 Å². The van der Waals surface area contributed by atoms with E-state index in [9.17, 15) is 18.4 Å². The van der Waals surface area contributed by atoms with Crippen molar-refractivity contribution >= 4 is 11.9 Å². The molecule has 0 atom stereocenters. The van der Waals surface area contributed by atoms with Crippen LogP contribution in [-0.4, -0.2) is 23.7 Å². The Kier molecular flexibility index (Phi) is 5.37. The molecule has 2 aromatic carbocycles. The van der Waals surface area contributed by atoms with Gasteiger partial charge in [0.1, 0.15) is 11.6 Å². The van der Waals surface area contributed by atoms with Crippen molar-refractivity contribution in [3.05, 3.63) is 71.3 Å². The molecule has 23 heavy (non-hydrogen) atoms. The van der Waals surface area contributed by atoms with Crippen LogP contribution in [0.15, 0.2) is 48.5 Å². The number of nitrogens with zero attached hydrogens (tertiary/aromatic N) is 1. The van der Waals surface area contributed by atoms with Crippen LogP contribution in [0.2, 0.25) is 0 Å². The second-order valence-electron chi connectivity index (χ2n) is 4.42. The number of rotatable bonds is 5. The lowest BCUT2D eigenvalue weighted by molar-refractivity contribution is -0.295. The minimum atomic E-state index is -0.807. The summed E-state index contributed by atoms with van der Waals surface area (Å²) in [6.07, 6.45) is 0. The van der Waals surface area contributed by atoms with E-state index in [1.165, 1.54) is 24.3 Å². The van der Waals surface area contributed by atoms with E-state index in [1.54, 1.807) is 6.92 Å². The average molecular weight is 321 g/mol. The number of carbonyl (C=O) groups is 2. The van der Waals surface area contributed by atoms with Crippen LogP contribution < -0.4 is 0 Å². The normalized spacial score (nSPS) is 10.4. The van der Waals surface area contributed by atoms with Gasteiger partial charge in [-0.1, -0.05) is 0 Å². The van der Waals surface area contributed by atoms with Crippen molar-refractivity contribution < 1.29 is 28.0 Å². The highest BCUT2D eigenvalue weighted by atomic mass is 19.1. The molecule has 0 amide bonds. The first-order chi connectivity index (χ1) is 11.0. The molecule has 2 aromatic rings. The first-order valence-electron chi connectivity index (χ1n) is 6.73. The van der Waals surface area contributed by atoms with Crippen LogP contribution in [0.5, 0.6) is 0 Å². The summed E-state index contributed by atoms with van der Waals surface area (Å²) in [5.74, 6) is -2.59. The molecule has 5 nitrogen and oxygen atoms in total. The maximum absolute atomic E-state index is 12.8. The summed E-state index contributed by atoms with van der Waals surface area (Å²) in [7, 11) is 0. The third-order valence-corrected chi connectivity index (χ3v) is 2.79. The summed E-state index contributed by atoms with van der Waals surface area (Å²) < 4.78 is 25.6. The van der Waals surface area contributed by atoms with Gasteiger partial charge in [-0.25, -0.2) is 18.4 Å². The SMILES string of the molecule is CCN(OC(=O)c1ccc(F)cc1)OC(=O)c1ccc(F)cc1. The fraction of sp³-hybridized carbons (Fsp3) is 0.125. The van der Waals surface area contributed by atoms with Crippen molar-refractivity contribution in [2.24, 2.45) is 0 Å². The Labute approximate surface area is 130 Å². The van der Waals surface area contributed by atoms with Crippen molar-refractivity contribution in [2.45, 2.75) is 6.92 Å². The Morgan fingerprint density at radius 3 is 1.48 bits per heavy atom. The van der Waals surface area contributed by atoms with Gasteiger partial charge in [-0.3, -0.25) is 0 Å². The number of carbonyl (C=O) groups excluding carboxylic acids is 2. The maximum Gasteiger partial charge on any atom is 0.360 e. The Balaban J connectivity index is 1.99. The van der Waals surface area contributed by atoms with Crippen molar-refractivity contribution in [3.8, 4) is 0 Å². The molecule has 120 valence electrons. The van der Waals surface area contributed by atoms with Crippen LogP contribution in [0.4, 0.5) is 8.78 Å². The topological polar surface area (TPSA) is 55.8 Å². The highest BCUT2D eigenvalue weighted by Crippen LogP contribution is 2.09. The number of hydroxylamine groups is 2. The summed E-state index contributed by atoms with van der Waals surface area (Å²) in [5, 5.41) is 0.692. The molecule has 2 rings (SSSR count). The molecular formula is C16H13F2NO4. The van der Waals surface area contributed by atoms with Gasteiger partial charge in [0, 0.05) is 5.23 Å². The van der Waals surface area contributed by atoms with Crippen molar-refractivity contribution in [3.63, 3.8) is 0 Å². The van der Waals surface area contributed by atoms with Gasteiger partial charge in [0.15, 0.2) is 0 Å². The lowest BCUT2D eigenvalue weighted by atomic mass is 10.2. The van der Waals surface area contributed by atoms with Crippen molar-refractivity contribution in [2.75, 3.05) is 6.54 Å². The molecule has 0 unspecified atom stereocenters. The zero-order chi connectivity index (χ0) is 16.8. The molecule has 0 aliphatic heterocycles. The van der Waals surface area contributed by atoms with Gasteiger partial charge >= 0.3 is 11.9 Å². The first-order valence-corrected chi connectivity index (χ1v) is 6.73. The van der Waals surface area contributed by atoms with Gasteiger partial charge in [0.05, 0.1) is 17.7 Å². The van der Waals surface area contributed by atoms with E-state index in [1.807, 2.05) is 0 Å². The van der Waals surface area contributed by atoms with Crippen LogP contribution in [0.1, 0.15) is 27.6 Å². The highest BCUT2D eigenvalue weighted by Gasteiger charge is 2.18. The monoisotopic (exact) mass is 321 g/mol. The molecular weight excluding hydrogens is 308 g/mol. The predicted octanol–water partition coefficient (Wildman–Crippen LogP) is 3.13. The second-order valence-corrected chi connectivity index (χ2v) is 4.42. The molecule has 0 aromatic heterocycles. The average Bonchev–Trinajstić information content (AvgIpc) is 2.55. The van der Waals surface area contributed by atoms with Crippen LogP contribution in [-0.2, 0) is 9.68 Å². The minimum absolute atomic E-state index is 0.0693. The zero-order valence-corrected chi connectivity index (χ0v) is 12.2. The zero-order valence-electron chi connectivity index (χ0n) is 12.2. The first kappa shape index (κ1) is 16.6. The molecule has 0 saturated heterocycles. The largest absolute Gasteiger partial charge is 0.360 e. The predicted molar refractivity (Wildman–Crippen MR) is 76.0 cm³/mol. The maximum atomic E-state index is 12.8.